The van der Waals surface area contributed by atoms with Crippen LogP contribution in [0.15, 0.2) is 18.6 Å². The normalized spacial score (nSPS) is 12.8. The van der Waals surface area contributed by atoms with E-state index in [2.05, 4.69) is 15.3 Å². The van der Waals surface area contributed by atoms with E-state index >= 15 is 0 Å². The number of nitrogens with two attached hydrogens (primary N) is 1. The molecule has 3 N–H and O–H groups in total. The summed E-state index contributed by atoms with van der Waals surface area (Å²) in [7, 11) is 0. The molecule has 0 aliphatic carbocycles. The molecular weight excluding hydrogens is 152 g/mol. The summed E-state index contributed by atoms with van der Waals surface area (Å²) in [5, 5.41) is 3.17. The number of rotatable bonds is 4. The maximum absolute atomic E-state index is 5.56. The molecule has 0 fully saturated rings. The Morgan fingerprint density at radius 1 is 1.58 bits per heavy atom. The zero-order valence-electron chi connectivity index (χ0n) is 7.20. The average Bonchev–Trinajstić information content (AvgIpc) is 2.05. The fourth-order valence-corrected chi connectivity index (χ4v) is 0.849. The first-order chi connectivity index (χ1) is 5.79. The quantitative estimate of drug-likeness (QED) is 0.656. The number of nitrogens with one attached hydrogen (secondary N) is 1. The van der Waals surface area contributed by atoms with Crippen LogP contribution in [0.25, 0.3) is 0 Å². The first kappa shape index (κ1) is 9.09. The highest BCUT2D eigenvalue weighted by atomic mass is 14.9. The van der Waals surface area contributed by atoms with Crippen molar-refractivity contribution in [2.45, 2.75) is 19.5 Å². The minimum atomic E-state index is 0.182. The Labute approximate surface area is 72.2 Å². The van der Waals surface area contributed by atoms with E-state index in [9.17, 15) is 0 Å². The lowest BCUT2D eigenvalue weighted by atomic mass is 10.3. The predicted octanol–water partition coefficient (Wildman–Crippen LogP) is -0.0866. The summed E-state index contributed by atoms with van der Waals surface area (Å²) in [4.78, 5) is 8.06. The van der Waals surface area contributed by atoms with Crippen LogP contribution in [-0.2, 0) is 6.54 Å². The largest absolute Gasteiger partial charge is 0.327 e. The third kappa shape index (κ3) is 3.41. The molecule has 0 aliphatic rings. The standard InChI is InChI=1S/C8H14N4/c1-7(9)4-11-6-8-5-10-2-3-12-8/h2-3,5,7,11H,4,6,9H2,1H3. The molecule has 4 heteroatoms. The zero-order valence-corrected chi connectivity index (χ0v) is 7.20. The highest BCUT2D eigenvalue weighted by Crippen LogP contribution is 1.87. The maximum atomic E-state index is 5.56. The summed E-state index contributed by atoms with van der Waals surface area (Å²) in [6.45, 7) is 3.50. The number of nitrogens with zero attached hydrogens (tertiary/aromatic N) is 2. The molecule has 0 bridgehead atoms. The van der Waals surface area contributed by atoms with Gasteiger partial charge >= 0.3 is 0 Å². The van der Waals surface area contributed by atoms with E-state index in [0.717, 1.165) is 18.8 Å². The second kappa shape index (κ2) is 4.79. The van der Waals surface area contributed by atoms with Gasteiger partial charge in [-0.3, -0.25) is 9.97 Å². The van der Waals surface area contributed by atoms with Gasteiger partial charge in [0, 0.05) is 37.7 Å². The van der Waals surface area contributed by atoms with Crippen LogP contribution in [0.5, 0.6) is 0 Å². The van der Waals surface area contributed by atoms with Gasteiger partial charge < -0.3 is 11.1 Å². The van der Waals surface area contributed by atoms with Crippen molar-refractivity contribution in [1.82, 2.24) is 15.3 Å². The fraction of sp³-hybridized carbons (Fsp3) is 0.500. The van der Waals surface area contributed by atoms with Gasteiger partial charge in [0.1, 0.15) is 0 Å². The summed E-state index contributed by atoms with van der Waals surface area (Å²) in [5.41, 5.74) is 6.50. The van der Waals surface area contributed by atoms with Gasteiger partial charge in [-0.15, -0.1) is 0 Å². The Morgan fingerprint density at radius 3 is 3.00 bits per heavy atom. The number of aromatic nitrogens is 2. The average molecular weight is 166 g/mol. The molecule has 0 spiro atoms. The molecule has 4 nitrogen and oxygen atoms in total. The van der Waals surface area contributed by atoms with E-state index in [0.29, 0.717) is 0 Å². The number of hydrogen-bond donors (Lipinski definition) is 2. The molecule has 1 aromatic rings. The van der Waals surface area contributed by atoms with Crippen LogP contribution in [0.1, 0.15) is 12.6 Å². The molecule has 0 aromatic carbocycles. The number of hydrogen-bond acceptors (Lipinski definition) is 4. The van der Waals surface area contributed by atoms with Gasteiger partial charge in [-0.2, -0.15) is 0 Å². The molecule has 1 atom stereocenters. The molecule has 0 radical (unpaired) electrons. The van der Waals surface area contributed by atoms with Crippen LogP contribution in [0.4, 0.5) is 0 Å². The highest BCUT2D eigenvalue weighted by Gasteiger charge is 1.94. The van der Waals surface area contributed by atoms with Gasteiger partial charge in [0.25, 0.3) is 0 Å². The molecule has 1 rings (SSSR count). The van der Waals surface area contributed by atoms with Gasteiger partial charge in [-0.25, -0.2) is 0 Å². The van der Waals surface area contributed by atoms with Gasteiger partial charge in [-0.05, 0) is 6.92 Å². The second-order valence-electron chi connectivity index (χ2n) is 2.80. The van der Waals surface area contributed by atoms with Gasteiger partial charge in [0.2, 0.25) is 0 Å². The molecule has 0 aliphatic heterocycles. The van der Waals surface area contributed by atoms with E-state index in [1.165, 1.54) is 0 Å². The van der Waals surface area contributed by atoms with E-state index in [1.807, 2.05) is 6.92 Å². The van der Waals surface area contributed by atoms with Crippen molar-refractivity contribution in [3.8, 4) is 0 Å². The Hall–Kier alpha value is -1.00. The Morgan fingerprint density at radius 2 is 2.42 bits per heavy atom. The van der Waals surface area contributed by atoms with Crippen molar-refractivity contribution in [1.29, 1.82) is 0 Å². The van der Waals surface area contributed by atoms with Crippen LogP contribution in [0, 0.1) is 0 Å². The van der Waals surface area contributed by atoms with Gasteiger partial charge in [0.15, 0.2) is 0 Å². The van der Waals surface area contributed by atoms with Gasteiger partial charge in [-0.1, -0.05) is 0 Å². The SMILES string of the molecule is CC(N)CNCc1cnccn1. The molecule has 12 heavy (non-hydrogen) atoms. The molecule has 1 heterocycles. The Balaban J connectivity index is 2.25. The lowest BCUT2D eigenvalue weighted by Gasteiger charge is -2.05. The topological polar surface area (TPSA) is 63.8 Å². The smallest absolute Gasteiger partial charge is 0.0724 e. The minimum absolute atomic E-state index is 0.182. The lowest BCUT2D eigenvalue weighted by molar-refractivity contribution is 0.601. The van der Waals surface area contributed by atoms with Crippen LogP contribution in [0.2, 0.25) is 0 Å². The lowest BCUT2D eigenvalue weighted by Crippen LogP contribution is -2.30. The third-order valence-electron chi connectivity index (χ3n) is 1.39. The van der Waals surface area contributed by atoms with Crippen molar-refractivity contribution in [2.24, 2.45) is 5.73 Å². The molecule has 66 valence electrons. The molecule has 0 saturated heterocycles. The highest BCUT2D eigenvalue weighted by molar-refractivity contribution is 4.93. The van der Waals surface area contributed by atoms with Crippen molar-refractivity contribution < 1.29 is 0 Å². The minimum Gasteiger partial charge on any atom is -0.327 e. The molecule has 0 saturated carbocycles. The second-order valence-corrected chi connectivity index (χ2v) is 2.80. The first-order valence-electron chi connectivity index (χ1n) is 4.00. The van der Waals surface area contributed by atoms with E-state index < -0.39 is 0 Å². The van der Waals surface area contributed by atoms with Crippen molar-refractivity contribution in [3.05, 3.63) is 24.3 Å². The molecule has 0 amide bonds. The Bertz CT molecular complexity index is 210. The summed E-state index contributed by atoms with van der Waals surface area (Å²) < 4.78 is 0. The summed E-state index contributed by atoms with van der Waals surface area (Å²) in [5.74, 6) is 0. The van der Waals surface area contributed by atoms with E-state index in [1.54, 1.807) is 18.6 Å². The van der Waals surface area contributed by atoms with Crippen molar-refractivity contribution in [3.63, 3.8) is 0 Å². The first-order valence-corrected chi connectivity index (χ1v) is 4.00. The maximum Gasteiger partial charge on any atom is 0.0724 e. The van der Waals surface area contributed by atoms with Crippen LogP contribution < -0.4 is 11.1 Å². The molecule has 1 aromatic heterocycles. The van der Waals surface area contributed by atoms with Crippen molar-refractivity contribution in [2.75, 3.05) is 6.54 Å². The molecular formula is C8H14N4. The predicted molar refractivity (Wildman–Crippen MR) is 47.4 cm³/mol. The summed E-state index contributed by atoms with van der Waals surface area (Å²) in [6.07, 6.45) is 5.09. The van der Waals surface area contributed by atoms with Crippen molar-refractivity contribution >= 4 is 0 Å². The summed E-state index contributed by atoms with van der Waals surface area (Å²) in [6, 6.07) is 0.182. The molecule has 1 unspecified atom stereocenters. The monoisotopic (exact) mass is 166 g/mol. The van der Waals surface area contributed by atoms with E-state index in [-0.39, 0.29) is 6.04 Å². The van der Waals surface area contributed by atoms with Crippen LogP contribution >= 0.6 is 0 Å². The Kier molecular flexibility index (Phi) is 3.63. The van der Waals surface area contributed by atoms with Crippen LogP contribution in [-0.4, -0.2) is 22.6 Å². The van der Waals surface area contributed by atoms with E-state index in [4.69, 9.17) is 5.73 Å². The van der Waals surface area contributed by atoms with Gasteiger partial charge in [0.05, 0.1) is 5.69 Å². The van der Waals surface area contributed by atoms with Crippen LogP contribution in [0.3, 0.4) is 0 Å². The third-order valence-corrected chi connectivity index (χ3v) is 1.39. The summed E-state index contributed by atoms with van der Waals surface area (Å²) >= 11 is 0. The fourth-order valence-electron chi connectivity index (χ4n) is 0.849. The zero-order chi connectivity index (χ0) is 8.81.